The van der Waals surface area contributed by atoms with Gasteiger partial charge in [0.1, 0.15) is 0 Å². The lowest BCUT2D eigenvalue weighted by molar-refractivity contribution is 0.0915. The van der Waals surface area contributed by atoms with Crippen LogP contribution in [0.3, 0.4) is 0 Å². The second-order valence-corrected chi connectivity index (χ2v) is 5.38. The van der Waals surface area contributed by atoms with Crippen molar-refractivity contribution in [2.45, 2.75) is 19.3 Å². The maximum absolute atomic E-state index is 11.7. The first-order chi connectivity index (χ1) is 7.65. The zero-order chi connectivity index (χ0) is 11.6. The summed E-state index contributed by atoms with van der Waals surface area (Å²) < 4.78 is 5.74. The minimum Gasteiger partial charge on any atom is -0.444 e. The first-order valence-electron chi connectivity index (χ1n) is 5.25. The second-order valence-electron chi connectivity index (χ2n) is 4.23. The van der Waals surface area contributed by atoms with E-state index in [9.17, 15) is 4.79 Å². The third kappa shape index (κ3) is 2.80. The molecule has 1 aliphatic carbocycles. The Bertz CT molecular complexity index is 387. The number of carbonyl (C=O) groups is 1. The summed E-state index contributed by atoms with van der Waals surface area (Å²) in [6.45, 7) is 0.691. The molecule has 0 saturated heterocycles. The van der Waals surface area contributed by atoms with Gasteiger partial charge in [0.15, 0.2) is 10.4 Å². The molecule has 0 unspecified atom stereocenters. The molecule has 5 heteroatoms. The van der Waals surface area contributed by atoms with Crippen LogP contribution in [0.2, 0.25) is 0 Å². The van der Waals surface area contributed by atoms with Crippen molar-refractivity contribution in [3.05, 3.63) is 22.6 Å². The van der Waals surface area contributed by atoms with Crippen LogP contribution in [0.4, 0.5) is 0 Å². The maximum Gasteiger partial charge on any atom is 0.287 e. The number of nitrogens with one attached hydrogen (secondary N) is 1. The van der Waals surface area contributed by atoms with Crippen molar-refractivity contribution in [3.63, 3.8) is 0 Å². The van der Waals surface area contributed by atoms with Gasteiger partial charge in [-0.15, -0.1) is 11.6 Å². The summed E-state index contributed by atoms with van der Waals surface area (Å²) in [5.74, 6) is 0.836. The zero-order valence-electron chi connectivity index (χ0n) is 8.76. The average molecular weight is 307 g/mol. The number of alkyl halides is 1. The highest BCUT2D eigenvalue weighted by atomic mass is 79.9. The summed E-state index contributed by atoms with van der Waals surface area (Å²) in [5, 5.41) is 2.89. The molecule has 1 aromatic rings. The van der Waals surface area contributed by atoms with Crippen molar-refractivity contribution in [3.8, 4) is 0 Å². The van der Waals surface area contributed by atoms with E-state index in [1.54, 1.807) is 12.1 Å². The van der Waals surface area contributed by atoms with Crippen LogP contribution in [0.1, 0.15) is 29.8 Å². The van der Waals surface area contributed by atoms with Crippen LogP contribution >= 0.6 is 27.5 Å². The van der Waals surface area contributed by atoms with Gasteiger partial charge in [-0.2, -0.15) is 0 Å². The van der Waals surface area contributed by atoms with Crippen molar-refractivity contribution in [2.24, 2.45) is 5.41 Å². The monoisotopic (exact) mass is 305 g/mol. The number of hydrogen-bond donors (Lipinski definition) is 1. The van der Waals surface area contributed by atoms with Crippen LogP contribution in [0.15, 0.2) is 21.2 Å². The van der Waals surface area contributed by atoms with Gasteiger partial charge in [0, 0.05) is 12.4 Å². The summed E-state index contributed by atoms with van der Waals surface area (Å²) in [6, 6.07) is 3.36. The van der Waals surface area contributed by atoms with E-state index in [0.29, 0.717) is 22.9 Å². The second kappa shape index (κ2) is 4.80. The van der Waals surface area contributed by atoms with Gasteiger partial charge >= 0.3 is 0 Å². The Morgan fingerprint density at radius 1 is 1.56 bits per heavy atom. The molecule has 0 spiro atoms. The van der Waals surface area contributed by atoms with Gasteiger partial charge in [0.2, 0.25) is 0 Å². The van der Waals surface area contributed by atoms with Gasteiger partial charge in [0.25, 0.3) is 5.91 Å². The molecule has 0 aromatic carbocycles. The van der Waals surface area contributed by atoms with Crippen molar-refractivity contribution in [1.29, 1.82) is 0 Å². The molecule has 1 saturated carbocycles. The molecule has 1 aromatic heterocycles. The summed E-state index contributed by atoms with van der Waals surface area (Å²) in [4.78, 5) is 11.7. The summed E-state index contributed by atoms with van der Waals surface area (Å²) in [6.07, 6.45) is 3.28. The number of furan rings is 1. The van der Waals surface area contributed by atoms with E-state index in [1.165, 1.54) is 0 Å². The molecule has 0 atom stereocenters. The average Bonchev–Trinajstić information content (AvgIpc) is 2.89. The van der Waals surface area contributed by atoms with Gasteiger partial charge in [-0.05, 0) is 52.7 Å². The maximum atomic E-state index is 11.7. The molecule has 1 heterocycles. The smallest absolute Gasteiger partial charge is 0.287 e. The van der Waals surface area contributed by atoms with E-state index >= 15 is 0 Å². The molecule has 1 fully saturated rings. The summed E-state index contributed by atoms with van der Waals surface area (Å²) in [5.41, 5.74) is 0.251. The number of rotatable bonds is 5. The van der Waals surface area contributed by atoms with Gasteiger partial charge in [-0.3, -0.25) is 4.79 Å². The SMILES string of the molecule is O=C(NCC1(CCCl)CC1)c1ccc(Br)o1. The van der Waals surface area contributed by atoms with Crippen LogP contribution in [0.5, 0.6) is 0 Å². The van der Waals surface area contributed by atoms with Crippen LogP contribution in [-0.2, 0) is 0 Å². The van der Waals surface area contributed by atoms with Crippen LogP contribution in [0, 0.1) is 5.41 Å². The Hall–Kier alpha value is -0.480. The zero-order valence-corrected chi connectivity index (χ0v) is 11.1. The van der Waals surface area contributed by atoms with Crippen molar-refractivity contribution in [1.82, 2.24) is 5.32 Å². The van der Waals surface area contributed by atoms with Crippen molar-refractivity contribution < 1.29 is 9.21 Å². The minimum atomic E-state index is -0.161. The van der Waals surface area contributed by atoms with Gasteiger partial charge < -0.3 is 9.73 Å². The highest BCUT2D eigenvalue weighted by Crippen LogP contribution is 2.48. The molecule has 0 bridgehead atoms. The topological polar surface area (TPSA) is 42.2 Å². The molecular formula is C11H13BrClNO2. The fourth-order valence-corrected chi connectivity index (χ4v) is 2.39. The lowest BCUT2D eigenvalue weighted by Gasteiger charge is -2.13. The Morgan fingerprint density at radius 2 is 2.31 bits per heavy atom. The molecule has 0 radical (unpaired) electrons. The Morgan fingerprint density at radius 3 is 2.81 bits per heavy atom. The molecule has 16 heavy (non-hydrogen) atoms. The van der Waals surface area contributed by atoms with E-state index in [4.69, 9.17) is 16.0 Å². The van der Waals surface area contributed by atoms with Crippen LogP contribution in [-0.4, -0.2) is 18.3 Å². The predicted octanol–water partition coefficient (Wildman–Crippen LogP) is 3.18. The molecule has 1 aliphatic rings. The fraction of sp³-hybridized carbons (Fsp3) is 0.545. The summed E-state index contributed by atoms with van der Waals surface area (Å²) >= 11 is 8.89. The lowest BCUT2D eigenvalue weighted by Crippen LogP contribution is -2.30. The molecule has 0 aliphatic heterocycles. The Kier molecular flexibility index (Phi) is 3.60. The largest absolute Gasteiger partial charge is 0.444 e. The number of carbonyl (C=O) groups excluding carboxylic acids is 1. The van der Waals surface area contributed by atoms with E-state index in [2.05, 4.69) is 21.2 Å². The lowest BCUT2D eigenvalue weighted by atomic mass is 10.0. The summed E-state index contributed by atoms with van der Waals surface area (Å²) in [7, 11) is 0. The van der Waals surface area contributed by atoms with E-state index in [-0.39, 0.29) is 11.3 Å². The molecule has 2 rings (SSSR count). The van der Waals surface area contributed by atoms with Crippen LogP contribution in [0.25, 0.3) is 0 Å². The Balaban J connectivity index is 1.84. The van der Waals surface area contributed by atoms with E-state index in [0.717, 1.165) is 19.3 Å². The minimum absolute atomic E-state index is 0.161. The van der Waals surface area contributed by atoms with Gasteiger partial charge in [0.05, 0.1) is 0 Å². The molecule has 1 amide bonds. The highest BCUT2D eigenvalue weighted by molar-refractivity contribution is 9.10. The van der Waals surface area contributed by atoms with Gasteiger partial charge in [-0.1, -0.05) is 0 Å². The number of amides is 1. The number of hydrogen-bond acceptors (Lipinski definition) is 2. The Labute approximate surface area is 108 Å². The molecule has 1 N–H and O–H groups in total. The molecule has 88 valence electrons. The third-order valence-corrected chi connectivity index (χ3v) is 3.62. The normalized spacial score (nSPS) is 17.1. The van der Waals surface area contributed by atoms with Crippen molar-refractivity contribution in [2.75, 3.05) is 12.4 Å². The van der Waals surface area contributed by atoms with Crippen molar-refractivity contribution >= 4 is 33.4 Å². The standard InChI is InChI=1S/C11H13BrClNO2/c12-9-2-1-8(16-9)10(15)14-7-11(3-4-11)5-6-13/h1-2H,3-7H2,(H,14,15). The predicted molar refractivity (Wildman–Crippen MR) is 65.7 cm³/mol. The van der Waals surface area contributed by atoms with Crippen LogP contribution < -0.4 is 5.32 Å². The first kappa shape index (κ1) is 12.0. The third-order valence-electron chi connectivity index (χ3n) is 3.00. The van der Waals surface area contributed by atoms with E-state index < -0.39 is 0 Å². The molecule has 3 nitrogen and oxygen atoms in total. The first-order valence-corrected chi connectivity index (χ1v) is 6.57. The van der Waals surface area contributed by atoms with Gasteiger partial charge in [-0.25, -0.2) is 0 Å². The number of halogens is 2. The highest BCUT2D eigenvalue weighted by Gasteiger charge is 2.41. The quantitative estimate of drug-likeness (QED) is 0.849. The van der Waals surface area contributed by atoms with E-state index in [1.807, 2.05) is 0 Å². The molecular weight excluding hydrogens is 293 g/mol. The fourth-order valence-electron chi connectivity index (χ4n) is 1.68.